The van der Waals surface area contributed by atoms with Crippen LogP contribution in [0.25, 0.3) is 0 Å². The minimum Gasteiger partial charge on any atom is -0.466 e. The molecule has 0 amide bonds. The highest BCUT2D eigenvalue weighted by molar-refractivity contribution is 7.09. The SMILES string of the molecule is CCOC(=O)CC(C)ON=C(C#N)c1nsc(N)n1. The summed E-state index contributed by atoms with van der Waals surface area (Å²) in [6.45, 7) is 3.66. The third kappa shape index (κ3) is 4.89. The summed E-state index contributed by atoms with van der Waals surface area (Å²) >= 11 is 0.955. The minimum absolute atomic E-state index is 0.0443. The molecular weight excluding hydrogens is 270 g/mol. The smallest absolute Gasteiger partial charge is 0.309 e. The van der Waals surface area contributed by atoms with E-state index in [1.807, 2.05) is 0 Å². The molecule has 9 heteroatoms. The number of oxime groups is 1. The van der Waals surface area contributed by atoms with Gasteiger partial charge in [0.2, 0.25) is 11.5 Å². The lowest BCUT2D eigenvalue weighted by Gasteiger charge is -2.08. The van der Waals surface area contributed by atoms with Crippen molar-refractivity contribution in [2.24, 2.45) is 5.16 Å². The van der Waals surface area contributed by atoms with Crippen LogP contribution < -0.4 is 5.73 Å². The normalized spacial score (nSPS) is 12.6. The van der Waals surface area contributed by atoms with Gasteiger partial charge in [0.15, 0.2) is 5.13 Å². The zero-order valence-corrected chi connectivity index (χ0v) is 11.3. The van der Waals surface area contributed by atoms with E-state index in [0.29, 0.717) is 6.61 Å². The van der Waals surface area contributed by atoms with Gasteiger partial charge in [-0.25, -0.2) is 0 Å². The Balaban J connectivity index is 2.59. The maximum atomic E-state index is 11.2. The first-order valence-electron chi connectivity index (χ1n) is 5.45. The number of hydrogen-bond donors (Lipinski definition) is 1. The molecule has 19 heavy (non-hydrogen) atoms. The second-order valence-corrected chi connectivity index (χ2v) is 4.22. The van der Waals surface area contributed by atoms with Crippen molar-refractivity contribution in [3.05, 3.63) is 5.82 Å². The Morgan fingerprint density at radius 3 is 2.95 bits per heavy atom. The van der Waals surface area contributed by atoms with E-state index in [9.17, 15) is 4.79 Å². The molecule has 0 aromatic carbocycles. The molecule has 102 valence electrons. The summed E-state index contributed by atoms with van der Waals surface area (Å²) in [4.78, 5) is 20.0. The second kappa shape index (κ2) is 7.27. The van der Waals surface area contributed by atoms with Crippen molar-refractivity contribution in [2.75, 3.05) is 12.3 Å². The molecular formula is C10H13N5O3S. The molecule has 0 aliphatic carbocycles. The molecule has 1 atom stereocenters. The molecule has 0 fully saturated rings. The molecule has 1 unspecified atom stereocenters. The maximum Gasteiger partial charge on any atom is 0.309 e. The summed E-state index contributed by atoms with van der Waals surface area (Å²) in [7, 11) is 0. The number of esters is 1. The molecule has 2 N–H and O–H groups in total. The van der Waals surface area contributed by atoms with Gasteiger partial charge in [0.1, 0.15) is 12.2 Å². The van der Waals surface area contributed by atoms with E-state index >= 15 is 0 Å². The molecule has 0 aliphatic rings. The summed E-state index contributed by atoms with van der Waals surface area (Å²) in [5.41, 5.74) is 5.31. The lowest BCUT2D eigenvalue weighted by Crippen LogP contribution is -2.15. The topological polar surface area (TPSA) is 123 Å². The summed E-state index contributed by atoms with van der Waals surface area (Å²) in [5.74, 6) is -0.284. The van der Waals surface area contributed by atoms with Gasteiger partial charge in [-0.15, -0.1) is 0 Å². The number of carbonyl (C=O) groups is 1. The highest BCUT2D eigenvalue weighted by atomic mass is 32.1. The number of nitrogen functional groups attached to an aromatic ring is 1. The van der Waals surface area contributed by atoms with Crippen molar-refractivity contribution in [1.82, 2.24) is 9.36 Å². The Bertz CT molecular complexity index is 508. The average molecular weight is 283 g/mol. The Morgan fingerprint density at radius 1 is 1.68 bits per heavy atom. The van der Waals surface area contributed by atoms with Gasteiger partial charge in [0.05, 0.1) is 13.0 Å². The lowest BCUT2D eigenvalue weighted by atomic mass is 10.3. The largest absolute Gasteiger partial charge is 0.466 e. The molecule has 0 aliphatic heterocycles. The van der Waals surface area contributed by atoms with Crippen molar-refractivity contribution in [3.63, 3.8) is 0 Å². The fraction of sp³-hybridized carbons (Fsp3) is 0.500. The first-order valence-corrected chi connectivity index (χ1v) is 6.23. The molecule has 0 spiro atoms. The molecule has 8 nitrogen and oxygen atoms in total. The highest BCUT2D eigenvalue weighted by Gasteiger charge is 2.14. The second-order valence-electron chi connectivity index (χ2n) is 3.43. The van der Waals surface area contributed by atoms with Crippen LogP contribution in [-0.4, -0.2) is 33.7 Å². The Labute approximate surface area is 114 Å². The van der Waals surface area contributed by atoms with Gasteiger partial charge in [0.25, 0.3) is 0 Å². The molecule has 0 radical (unpaired) electrons. The number of rotatable bonds is 6. The quantitative estimate of drug-likeness (QED) is 0.463. The van der Waals surface area contributed by atoms with Crippen LogP contribution in [0, 0.1) is 11.3 Å². The highest BCUT2D eigenvalue weighted by Crippen LogP contribution is 2.08. The van der Waals surface area contributed by atoms with Crippen LogP contribution in [0.15, 0.2) is 5.16 Å². The molecule has 0 bridgehead atoms. The molecule has 1 rings (SSSR count). The van der Waals surface area contributed by atoms with E-state index in [1.165, 1.54) is 0 Å². The minimum atomic E-state index is -0.515. The summed E-state index contributed by atoms with van der Waals surface area (Å²) in [5, 5.41) is 12.7. The number of nitrogens with two attached hydrogens (primary N) is 1. The van der Waals surface area contributed by atoms with E-state index in [4.69, 9.17) is 20.6 Å². The van der Waals surface area contributed by atoms with Crippen LogP contribution in [0.3, 0.4) is 0 Å². The standard InChI is InChI=1S/C10H13N5O3S/c1-3-17-8(16)4-6(2)18-14-7(5-11)9-13-10(12)19-15-9/h6H,3-4H2,1-2H3,(H2,12,13,15). The zero-order chi connectivity index (χ0) is 14.3. The molecule has 1 aromatic heterocycles. The van der Waals surface area contributed by atoms with E-state index in [2.05, 4.69) is 14.5 Å². The van der Waals surface area contributed by atoms with E-state index < -0.39 is 6.10 Å². The van der Waals surface area contributed by atoms with Gasteiger partial charge < -0.3 is 15.3 Å². The van der Waals surface area contributed by atoms with Crippen molar-refractivity contribution in [1.29, 1.82) is 5.26 Å². The first-order chi connectivity index (χ1) is 9.06. The third-order valence-electron chi connectivity index (χ3n) is 1.84. The number of ether oxygens (including phenoxy) is 1. The molecule has 1 aromatic rings. The van der Waals surface area contributed by atoms with Gasteiger partial charge >= 0.3 is 5.97 Å². The van der Waals surface area contributed by atoms with Crippen molar-refractivity contribution in [3.8, 4) is 6.07 Å². The van der Waals surface area contributed by atoms with Gasteiger partial charge in [-0.05, 0) is 13.8 Å². The molecule has 0 saturated carbocycles. The zero-order valence-electron chi connectivity index (χ0n) is 10.5. The van der Waals surface area contributed by atoms with E-state index in [1.54, 1.807) is 19.9 Å². The Kier molecular flexibility index (Phi) is 5.69. The van der Waals surface area contributed by atoms with Crippen LogP contribution >= 0.6 is 11.5 Å². The van der Waals surface area contributed by atoms with Crippen LogP contribution in [0.5, 0.6) is 0 Å². The van der Waals surface area contributed by atoms with Crippen molar-refractivity contribution >= 4 is 28.3 Å². The summed E-state index contributed by atoms with van der Waals surface area (Å²) < 4.78 is 8.60. The monoisotopic (exact) mass is 283 g/mol. The Morgan fingerprint density at radius 2 is 2.42 bits per heavy atom. The third-order valence-corrected chi connectivity index (χ3v) is 2.39. The number of nitrogens with zero attached hydrogens (tertiary/aromatic N) is 4. The molecule has 1 heterocycles. The van der Waals surface area contributed by atoms with Gasteiger partial charge in [0, 0.05) is 11.5 Å². The lowest BCUT2D eigenvalue weighted by molar-refractivity contribution is -0.146. The summed E-state index contributed by atoms with van der Waals surface area (Å²) in [6, 6.07) is 1.80. The fourth-order valence-electron chi connectivity index (χ4n) is 1.08. The van der Waals surface area contributed by atoms with Crippen molar-refractivity contribution < 1.29 is 14.4 Å². The maximum absolute atomic E-state index is 11.2. The van der Waals surface area contributed by atoms with Crippen LogP contribution in [0.1, 0.15) is 26.1 Å². The number of carbonyl (C=O) groups excluding carboxylic acids is 1. The fourth-order valence-corrected chi connectivity index (χ4v) is 1.51. The molecule has 0 saturated heterocycles. The van der Waals surface area contributed by atoms with Crippen molar-refractivity contribution in [2.45, 2.75) is 26.4 Å². The number of aromatic nitrogens is 2. The predicted molar refractivity (Wildman–Crippen MR) is 68.3 cm³/mol. The summed E-state index contributed by atoms with van der Waals surface area (Å²) in [6.07, 6.45) is -0.471. The number of hydrogen-bond acceptors (Lipinski definition) is 9. The van der Waals surface area contributed by atoms with Crippen LogP contribution in [-0.2, 0) is 14.4 Å². The Hall–Kier alpha value is -2.21. The van der Waals surface area contributed by atoms with E-state index in [-0.39, 0.29) is 29.1 Å². The van der Waals surface area contributed by atoms with Gasteiger partial charge in [-0.1, -0.05) is 5.16 Å². The predicted octanol–water partition coefficient (Wildman–Crippen LogP) is 0.706. The first kappa shape index (κ1) is 14.8. The van der Waals surface area contributed by atoms with Gasteiger partial charge in [-0.2, -0.15) is 14.6 Å². The number of nitriles is 1. The van der Waals surface area contributed by atoms with Crippen LogP contribution in [0.4, 0.5) is 5.13 Å². The van der Waals surface area contributed by atoms with Crippen LogP contribution in [0.2, 0.25) is 0 Å². The average Bonchev–Trinajstić information content (AvgIpc) is 2.77. The van der Waals surface area contributed by atoms with E-state index in [0.717, 1.165) is 11.5 Å². The number of anilines is 1. The van der Waals surface area contributed by atoms with Gasteiger partial charge in [-0.3, -0.25) is 4.79 Å².